The first-order valence-corrected chi connectivity index (χ1v) is 7.72. The van der Waals surface area contributed by atoms with Gasteiger partial charge in [0, 0.05) is 37.3 Å². The normalized spacial score (nSPS) is 14.8. The van der Waals surface area contributed by atoms with Crippen molar-refractivity contribution >= 4 is 0 Å². The van der Waals surface area contributed by atoms with E-state index in [9.17, 15) is 5.11 Å². The van der Waals surface area contributed by atoms with Crippen LogP contribution in [0.25, 0.3) is 0 Å². The Morgan fingerprint density at radius 1 is 1.14 bits per heavy atom. The summed E-state index contributed by atoms with van der Waals surface area (Å²) in [5.41, 5.74) is 2.33. The summed E-state index contributed by atoms with van der Waals surface area (Å²) >= 11 is 0. The van der Waals surface area contributed by atoms with Crippen molar-refractivity contribution in [3.8, 4) is 0 Å². The van der Waals surface area contributed by atoms with Crippen LogP contribution in [0.2, 0.25) is 0 Å². The maximum absolute atomic E-state index is 10.6. The minimum absolute atomic E-state index is 0.0141. The molecular weight excluding hydrogens is 274 g/mol. The summed E-state index contributed by atoms with van der Waals surface area (Å²) in [7, 11) is 1.94. The van der Waals surface area contributed by atoms with E-state index in [1.54, 1.807) is 0 Å². The SMILES string of the molecule is Cn1cc(CNCC(C)(O)c2ccccc2)c(C(C)(C)C)n1. The van der Waals surface area contributed by atoms with Gasteiger partial charge in [0.15, 0.2) is 0 Å². The summed E-state index contributed by atoms with van der Waals surface area (Å²) in [6.45, 7) is 9.53. The minimum atomic E-state index is -0.884. The van der Waals surface area contributed by atoms with E-state index in [0.717, 1.165) is 11.3 Å². The average molecular weight is 301 g/mol. The molecule has 120 valence electrons. The summed E-state index contributed by atoms with van der Waals surface area (Å²) in [5, 5.41) is 18.5. The first-order valence-electron chi connectivity index (χ1n) is 7.72. The predicted molar refractivity (Wildman–Crippen MR) is 89.6 cm³/mol. The quantitative estimate of drug-likeness (QED) is 0.893. The van der Waals surface area contributed by atoms with E-state index in [0.29, 0.717) is 13.1 Å². The molecule has 1 aromatic carbocycles. The molecule has 0 saturated heterocycles. The van der Waals surface area contributed by atoms with E-state index in [-0.39, 0.29) is 5.41 Å². The largest absolute Gasteiger partial charge is 0.384 e. The van der Waals surface area contributed by atoms with Crippen molar-refractivity contribution in [2.45, 2.75) is 45.3 Å². The molecule has 0 aliphatic heterocycles. The lowest BCUT2D eigenvalue weighted by Crippen LogP contribution is -2.35. The number of aromatic nitrogens is 2. The molecule has 0 amide bonds. The van der Waals surface area contributed by atoms with E-state index in [4.69, 9.17) is 0 Å². The number of aryl methyl sites for hydroxylation is 1. The standard InChI is InChI=1S/C18H27N3O/c1-17(2,3)16-14(12-21(5)20-16)11-19-13-18(4,22)15-9-7-6-8-10-15/h6-10,12,19,22H,11,13H2,1-5H3. The maximum atomic E-state index is 10.6. The molecule has 0 aliphatic carbocycles. The monoisotopic (exact) mass is 301 g/mol. The number of rotatable bonds is 5. The van der Waals surface area contributed by atoms with Gasteiger partial charge in [0.05, 0.1) is 11.3 Å². The molecule has 0 aliphatic rings. The second kappa shape index (κ2) is 6.23. The van der Waals surface area contributed by atoms with Crippen molar-refractivity contribution in [2.24, 2.45) is 7.05 Å². The van der Waals surface area contributed by atoms with Crippen molar-refractivity contribution < 1.29 is 5.11 Å². The highest BCUT2D eigenvalue weighted by Crippen LogP contribution is 2.24. The van der Waals surface area contributed by atoms with Crippen LogP contribution in [-0.4, -0.2) is 21.4 Å². The fraction of sp³-hybridized carbons (Fsp3) is 0.500. The van der Waals surface area contributed by atoms with Gasteiger partial charge in [-0.15, -0.1) is 0 Å². The molecule has 2 aromatic rings. The van der Waals surface area contributed by atoms with Crippen LogP contribution in [0.4, 0.5) is 0 Å². The number of nitrogens with zero attached hydrogens (tertiary/aromatic N) is 2. The Kier molecular flexibility index (Phi) is 4.73. The zero-order chi connectivity index (χ0) is 16.4. The van der Waals surface area contributed by atoms with E-state index in [1.165, 1.54) is 5.56 Å². The number of aliphatic hydroxyl groups is 1. The Morgan fingerprint density at radius 2 is 1.77 bits per heavy atom. The fourth-order valence-electron chi connectivity index (χ4n) is 2.64. The summed E-state index contributed by atoms with van der Waals surface area (Å²) in [6.07, 6.45) is 2.05. The van der Waals surface area contributed by atoms with E-state index < -0.39 is 5.60 Å². The number of nitrogens with one attached hydrogen (secondary N) is 1. The predicted octanol–water partition coefficient (Wildman–Crippen LogP) is 2.71. The Labute approximate surface area is 133 Å². The van der Waals surface area contributed by atoms with Gasteiger partial charge >= 0.3 is 0 Å². The third-order valence-corrected chi connectivity index (χ3v) is 3.80. The topological polar surface area (TPSA) is 50.1 Å². The highest BCUT2D eigenvalue weighted by atomic mass is 16.3. The Hall–Kier alpha value is -1.65. The first kappa shape index (κ1) is 16.7. The summed E-state index contributed by atoms with van der Waals surface area (Å²) in [6, 6.07) is 9.75. The average Bonchev–Trinajstić information content (AvgIpc) is 2.81. The molecule has 2 rings (SSSR count). The molecule has 0 radical (unpaired) electrons. The van der Waals surface area contributed by atoms with E-state index >= 15 is 0 Å². The Balaban J connectivity index is 2.03. The third kappa shape index (κ3) is 3.96. The van der Waals surface area contributed by atoms with Crippen molar-refractivity contribution in [3.05, 3.63) is 53.3 Å². The van der Waals surface area contributed by atoms with Gasteiger partial charge in [0.1, 0.15) is 0 Å². The van der Waals surface area contributed by atoms with Gasteiger partial charge in [-0.05, 0) is 12.5 Å². The molecule has 22 heavy (non-hydrogen) atoms. The van der Waals surface area contributed by atoms with Gasteiger partial charge in [0.25, 0.3) is 0 Å². The molecule has 0 saturated carbocycles. The summed E-state index contributed by atoms with van der Waals surface area (Å²) in [4.78, 5) is 0. The van der Waals surface area contributed by atoms with Crippen LogP contribution in [0, 0.1) is 0 Å². The van der Waals surface area contributed by atoms with E-state index in [1.807, 2.05) is 55.2 Å². The maximum Gasteiger partial charge on any atom is 0.0992 e. The molecule has 0 spiro atoms. The second-order valence-electron chi connectivity index (χ2n) is 7.17. The lowest BCUT2D eigenvalue weighted by molar-refractivity contribution is 0.0566. The molecule has 1 atom stereocenters. The van der Waals surface area contributed by atoms with Crippen LogP contribution >= 0.6 is 0 Å². The van der Waals surface area contributed by atoms with Gasteiger partial charge in [0.2, 0.25) is 0 Å². The van der Waals surface area contributed by atoms with Crippen molar-refractivity contribution in [1.82, 2.24) is 15.1 Å². The highest BCUT2D eigenvalue weighted by molar-refractivity contribution is 5.25. The lowest BCUT2D eigenvalue weighted by atomic mass is 9.89. The zero-order valence-electron chi connectivity index (χ0n) is 14.2. The van der Waals surface area contributed by atoms with Crippen LogP contribution in [0.5, 0.6) is 0 Å². The van der Waals surface area contributed by atoms with Crippen LogP contribution < -0.4 is 5.32 Å². The molecule has 1 heterocycles. The molecule has 4 nitrogen and oxygen atoms in total. The molecule has 1 aromatic heterocycles. The van der Waals surface area contributed by atoms with Crippen molar-refractivity contribution in [2.75, 3.05) is 6.54 Å². The fourth-order valence-corrected chi connectivity index (χ4v) is 2.64. The number of hydrogen-bond donors (Lipinski definition) is 2. The van der Waals surface area contributed by atoms with Crippen LogP contribution in [0.1, 0.15) is 44.5 Å². The highest BCUT2D eigenvalue weighted by Gasteiger charge is 2.24. The molecule has 1 unspecified atom stereocenters. The molecule has 0 fully saturated rings. The van der Waals surface area contributed by atoms with E-state index in [2.05, 4.69) is 31.2 Å². The zero-order valence-corrected chi connectivity index (χ0v) is 14.2. The number of benzene rings is 1. The van der Waals surface area contributed by atoms with Gasteiger partial charge in [-0.3, -0.25) is 4.68 Å². The molecular formula is C18H27N3O. The lowest BCUT2D eigenvalue weighted by Gasteiger charge is -2.25. The summed E-state index contributed by atoms with van der Waals surface area (Å²) in [5.74, 6) is 0. The number of hydrogen-bond acceptors (Lipinski definition) is 3. The van der Waals surface area contributed by atoms with Gasteiger partial charge in [-0.1, -0.05) is 51.1 Å². The summed E-state index contributed by atoms with van der Waals surface area (Å²) < 4.78 is 1.85. The second-order valence-corrected chi connectivity index (χ2v) is 7.17. The van der Waals surface area contributed by atoms with Gasteiger partial charge < -0.3 is 10.4 Å². The molecule has 2 N–H and O–H groups in total. The van der Waals surface area contributed by atoms with Crippen LogP contribution in [-0.2, 0) is 24.6 Å². The Morgan fingerprint density at radius 3 is 2.36 bits per heavy atom. The van der Waals surface area contributed by atoms with Crippen molar-refractivity contribution in [3.63, 3.8) is 0 Å². The van der Waals surface area contributed by atoms with Gasteiger partial charge in [-0.2, -0.15) is 5.10 Å². The smallest absolute Gasteiger partial charge is 0.0992 e. The third-order valence-electron chi connectivity index (χ3n) is 3.80. The van der Waals surface area contributed by atoms with Crippen LogP contribution in [0.15, 0.2) is 36.5 Å². The molecule has 0 bridgehead atoms. The molecule has 4 heteroatoms. The minimum Gasteiger partial charge on any atom is -0.384 e. The van der Waals surface area contributed by atoms with Gasteiger partial charge in [-0.25, -0.2) is 0 Å². The Bertz CT molecular complexity index is 609. The van der Waals surface area contributed by atoms with Crippen LogP contribution in [0.3, 0.4) is 0 Å². The van der Waals surface area contributed by atoms with Crippen molar-refractivity contribution in [1.29, 1.82) is 0 Å². The first-order chi connectivity index (χ1) is 10.2.